The number of benzene rings is 1. The lowest BCUT2D eigenvalue weighted by Gasteiger charge is -2.42. The molecule has 4 nitrogen and oxygen atoms in total. The zero-order valence-corrected chi connectivity index (χ0v) is 15.7. The first kappa shape index (κ1) is 16.8. The Morgan fingerprint density at radius 2 is 1.80 bits per heavy atom. The first-order valence-electron chi connectivity index (χ1n) is 9.14. The van der Waals surface area contributed by atoms with Crippen LogP contribution in [-0.4, -0.2) is 40.0 Å². The molecule has 2 aliphatic rings. The van der Waals surface area contributed by atoms with Gasteiger partial charge >= 0.3 is 0 Å². The highest BCUT2D eigenvalue weighted by Gasteiger charge is 2.41. The Hall–Kier alpha value is -1.65. The molecule has 2 bridgehead atoms. The molecular weight excluding hydrogens is 332 g/mol. The van der Waals surface area contributed by atoms with Crippen molar-refractivity contribution < 1.29 is 0 Å². The molecule has 0 N–H and O–H groups in total. The van der Waals surface area contributed by atoms with Gasteiger partial charge in [-0.25, -0.2) is 9.97 Å². The van der Waals surface area contributed by atoms with E-state index in [0.717, 1.165) is 18.2 Å². The first-order chi connectivity index (χ1) is 12.1. The number of hydrogen-bond acceptors (Lipinski definition) is 4. The molecule has 3 heterocycles. The predicted octanol–water partition coefficient (Wildman–Crippen LogP) is 4.07. The number of hydrogen-bond donors (Lipinski definition) is 0. The molecule has 25 heavy (non-hydrogen) atoms. The van der Waals surface area contributed by atoms with Crippen LogP contribution in [0.25, 0.3) is 0 Å². The van der Waals surface area contributed by atoms with E-state index in [1.165, 1.54) is 31.2 Å². The van der Waals surface area contributed by atoms with Crippen LogP contribution in [0, 0.1) is 6.92 Å². The summed E-state index contributed by atoms with van der Waals surface area (Å²) >= 11 is 6.13. The van der Waals surface area contributed by atoms with Gasteiger partial charge in [-0.2, -0.15) is 0 Å². The normalized spacial score (nSPS) is 26.0. The molecule has 0 saturated carbocycles. The Bertz CT molecular complexity index is 701. The average Bonchev–Trinajstić information content (AvgIpc) is 2.82. The summed E-state index contributed by atoms with van der Waals surface area (Å²) in [6.45, 7) is 2.97. The van der Waals surface area contributed by atoms with Gasteiger partial charge in [0.1, 0.15) is 16.8 Å². The molecule has 0 spiro atoms. The number of aryl methyl sites for hydroxylation is 1. The smallest absolute Gasteiger partial charge is 0.134 e. The number of nitrogens with zero attached hydrogens (tertiary/aromatic N) is 4. The van der Waals surface area contributed by atoms with Gasteiger partial charge < -0.3 is 4.90 Å². The van der Waals surface area contributed by atoms with Crippen molar-refractivity contribution in [3.63, 3.8) is 0 Å². The summed E-state index contributed by atoms with van der Waals surface area (Å²) in [4.78, 5) is 13.8. The van der Waals surface area contributed by atoms with Crippen LogP contribution in [-0.2, 0) is 6.54 Å². The highest BCUT2D eigenvalue weighted by Crippen LogP contribution is 2.39. The third-order valence-corrected chi connectivity index (χ3v) is 5.96. The lowest BCUT2D eigenvalue weighted by atomic mass is 9.95. The van der Waals surface area contributed by atoms with Crippen molar-refractivity contribution in [3.8, 4) is 0 Å². The maximum atomic E-state index is 6.13. The minimum absolute atomic E-state index is 0.523. The molecule has 1 aromatic heterocycles. The van der Waals surface area contributed by atoms with Crippen LogP contribution in [0.4, 0.5) is 5.82 Å². The largest absolute Gasteiger partial charge is 0.356 e. The fourth-order valence-electron chi connectivity index (χ4n) is 4.50. The zero-order valence-electron chi connectivity index (χ0n) is 14.9. The van der Waals surface area contributed by atoms with E-state index in [1.807, 2.05) is 13.0 Å². The number of fused-ring (bicyclic) bond motifs is 2. The quantitative estimate of drug-likeness (QED) is 0.773. The Labute approximate surface area is 154 Å². The van der Waals surface area contributed by atoms with E-state index in [-0.39, 0.29) is 0 Å². The molecule has 2 atom stereocenters. The van der Waals surface area contributed by atoms with Crippen LogP contribution in [0.5, 0.6) is 0 Å². The lowest BCUT2D eigenvalue weighted by molar-refractivity contribution is 0.118. The minimum Gasteiger partial charge on any atom is -0.356 e. The van der Waals surface area contributed by atoms with Crippen molar-refractivity contribution in [3.05, 3.63) is 52.9 Å². The topological polar surface area (TPSA) is 32.3 Å². The van der Waals surface area contributed by atoms with Crippen LogP contribution >= 0.6 is 11.6 Å². The molecule has 2 aliphatic heterocycles. The number of anilines is 1. The van der Waals surface area contributed by atoms with Gasteiger partial charge in [-0.05, 0) is 38.2 Å². The Balaban J connectivity index is 1.47. The molecule has 2 saturated heterocycles. The van der Waals surface area contributed by atoms with Gasteiger partial charge in [-0.3, -0.25) is 4.90 Å². The van der Waals surface area contributed by atoms with Crippen LogP contribution in [0.15, 0.2) is 36.4 Å². The molecule has 2 unspecified atom stereocenters. The molecule has 2 aromatic rings. The fourth-order valence-corrected chi connectivity index (χ4v) is 4.72. The Morgan fingerprint density at radius 3 is 2.44 bits per heavy atom. The number of piperidine rings is 1. The third-order valence-electron chi connectivity index (χ3n) is 5.77. The van der Waals surface area contributed by atoms with E-state index in [2.05, 4.69) is 57.1 Å². The van der Waals surface area contributed by atoms with E-state index < -0.39 is 0 Å². The highest BCUT2D eigenvalue weighted by molar-refractivity contribution is 6.29. The second-order valence-corrected chi connectivity index (χ2v) is 7.76. The van der Waals surface area contributed by atoms with Gasteiger partial charge in [0, 0.05) is 37.8 Å². The molecule has 2 fully saturated rings. The Kier molecular flexibility index (Phi) is 4.65. The van der Waals surface area contributed by atoms with Crippen LogP contribution in [0.2, 0.25) is 5.15 Å². The van der Waals surface area contributed by atoms with Gasteiger partial charge in [0.15, 0.2) is 0 Å². The van der Waals surface area contributed by atoms with E-state index >= 15 is 0 Å². The van der Waals surface area contributed by atoms with Crippen molar-refractivity contribution in [2.24, 2.45) is 0 Å². The summed E-state index contributed by atoms with van der Waals surface area (Å²) in [5.74, 6) is 1.68. The first-order valence-corrected chi connectivity index (χ1v) is 9.51. The van der Waals surface area contributed by atoms with Gasteiger partial charge in [0.05, 0.1) is 0 Å². The van der Waals surface area contributed by atoms with Gasteiger partial charge in [-0.15, -0.1) is 0 Å². The molecule has 5 heteroatoms. The summed E-state index contributed by atoms with van der Waals surface area (Å²) in [7, 11) is 2.15. The monoisotopic (exact) mass is 356 g/mol. The molecule has 132 valence electrons. The summed E-state index contributed by atoms with van der Waals surface area (Å²) in [6, 6.07) is 14.6. The predicted molar refractivity (Wildman–Crippen MR) is 102 cm³/mol. The van der Waals surface area contributed by atoms with Crippen molar-refractivity contribution in [2.75, 3.05) is 11.9 Å². The molecule has 4 rings (SSSR count). The van der Waals surface area contributed by atoms with Crippen molar-refractivity contribution >= 4 is 17.4 Å². The molecule has 0 amide bonds. The van der Waals surface area contributed by atoms with E-state index in [4.69, 9.17) is 11.6 Å². The summed E-state index contributed by atoms with van der Waals surface area (Å²) in [6.07, 6.45) is 5.01. The standard InChI is InChI=1S/C20H25ClN4/c1-14-22-19(21)12-20(23-14)24(2)18-10-16-8-9-17(11-18)25(16)13-15-6-4-3-5-7-15/h3-7,12,16-18H,8-11,13H2,1-2H3. The zero-order chi connectivity index (χ0) is 17.4. The Morgan fingerprint density at radius 1 is 1.12 bits per heavy atom. The maximum absolute atomic E-state index is 6.13. The number of aromatic nitrogens is 2. The molecule has 0 aliphatic carbocycles. The molecule has 0 radical (unpaired) electrons. The van der Waals surface area contributed by atoms with Crippen molar-refractivity contribution in [2.45, 2.75) is 57.3 Å². The number of halogens is 1. The second-order valence-electron chi connectivity index (χ2n) is 7.38. The summed E-state index contributed by atoms with van der Waals surface area (Å²) in [5.41, 5.74) is 1.42. The van der Waals surface area contributed by atoms with Crippen LogP contribution in [0.1, 0.15) is 37.1 Å². The van der Waals surface area contributed by atoms with Crippen LogP contribution < -0.4 is 4.90 Å². The highest BCUT2D eigenvalue weighted by atomic mass is 35.5. The van der Waals surface area contributed by atoms with Crippen LogP contribution in [0.3, 0.4) is 0 Å². The van der Waals surface area contributed by atoms with Gasteiger partial charge in [0.25, 0.3) is 0 Å². The SMILES string of the molecule is Cc1nc(Cl)cc(N(C)C2CC3CCC(C2)N3Cc2ccccc2)n1. The summed E-state index contributed by atoms with van der Waals surface area (Å²) < 4.78 is 0. The van der Waals surface area contributed by atoms with E-state index in [9.17, 15) is 0 Å². The fraction of sp³-hybridized carbons (Fsp3) is 0.500. The van der Waals surface area contributed by atoms with E-state index in [1.54, 1.807) is 0 Å². The number of rotatable bonds is 4. The van der Waals surface area contributed by atoms with E-state index in [0.29, 0.717) is 23.3 Å². The second kappa shape index (κ2) is 6.93. The summed E-state index contributed by atoms with van der Waals surface area (Å²) in [5, 5.41) is 0.527. The lowest BCUT2D eigenvalue weighted by Crippen LogP contribution is -2.49. The maximum Gasteiger partial charge on any atom is 0.134 e. The molecular formula is C20H25ClN4. The average molecular weight is 357 g/mol. The van der Waals surface area contributed by atoms with Crippen molar-refractivity contribution in [1.82, 2.24) is 14.9 Å². The van der Waals surface area contributed by atoms with Crippen molar-refractivity contribution in [1.29, 1.82) is 0 Å². The third kappa shape index (κ3) is 3.51. The minimum atomic E-state index is 0.523. The molecule has 1 aromatic carbocycles. The van der Waals surface area contributed by atoms with Gasteiger partial charge in [-0.1, -0.05) is 41.9 Å². The van der Waals surface area contributed by atoms with Gasteiger partial charge in [0.2, 0.25) is 0 Å².